The van der Waals surface area contributed by atoms with Crippen molar-refractivity contribution < 1.29 is 14.9 Å². The number of hydrogen-bond acceptors (Lipinski definition) is 4. The molecule has 0 spiro atoms. The average Bonchev–Trinajstić information content (AvgIpc) is 2.31. The van der Waals surface area contributed by atoms with Gasteiger partial charge in [-0.3, -0.25) is 0 Å². The summed E-state index contributed by atoms with van der Waals surface area (Å²) in [5, 5.41) is 18.1. The van der Waals surface area contributed by atoms with Crippen LogP contribution in [-0.4, -0.2) is 60.0 Å². The molecule has 0 bridgehead atoms. The summed E-state index contributed by atoms with van der Waals surface area (Å²) in [4.78, 5) is 1.92. The maximum atomic E-state index is 9.05. The predicted octanol–water partition coefficient (Wildman–Crippen LogP) is -0.330. The fraction of sp³-hybridized carbons (Fsp3) is 0.500. The van der Waals surface area contributed by atoms with Gasteiger partial charge in [0, 0.05) is 0 Å². The van der Waals surface area contributed by atoms with Crippen LogP contribution in [0.4, 0.5) is 5.69 Å². The molecule has 17 heavy (non-hydrogen) atoms. The first-order valence-electron chi connectivity index (χ1n) is 5.65. The van der Waals surface area contributed by atoms with Crippen LogP contribution in [0, 0.1) is 0 Å². The van der Waals surface area contributed by atoms with Crippen LogP contribution in [0.3, 0.4) is 0 Å². The van der Waals surface area contributed by atoms with Crippen molar-refractivity contribution in [2.75, 3.05) is 37.8 Å². The summed E-state index contributed by atoms with van der Waals surface area (Å²) >= 11 is 2.48. The van der Waals surface area contributed by atoms with Crippen molar-refractivity contribution in [1.29, 1.82) is 0 Å². The number of nitrogens with zero attached hydrogens (tertiary/aromatic N) is 1. The Kier molecular flexibility index (Phi) is 6.41. The molecule has 2 N–H and O–H groups in total. The molecule has 0 saturated heterocycles. The first kappa shape index (κ1) is 14.4. The van der Waals surface area contributed by atoms with Crippen molar-refractivity contribution in [1.82, 2.24) is 0 Å². The van der Waals surface area contributed by atoms with Crippen LogP contribution in [-0.2, 0) is 0 Å². The Labute approximate surface area is 111 Å². The summed E-state index contributed by atoms with van der Waals surface area (Å²) < 4.78 is 6.62. The van der Waals surface area contributed by atoms with E-state index in [0.717, 1.165) is 15.8 Å². The minimum absolute atomic E-state index is 0.0500. The molecule has 0 heterocycles. The Bertz CT molecular complexity index is 341. The SMILES string of the molecule is CCOc1ccc([As])cc1N(CCO)CCO. The van der Waals surface area contributed by atoms with Crippen LogP contribution in [0.5, 0.6) is 5.75 Å². The third-order valence-electron chi connectivity index (χ3n) is 2.32. The van der Waals surface area contributed by atoms with E-state index in [2.05, 4.69) is 16.9 Å². The number of aliphatic hydroxyl groups is 2. The molecule has 0 aliphatic rings. The Hall–Kier alpha value is -0.702. The fourth-order valence-electron chi connectivity index (χ4n) is 1.62. The number of anilines is 1. The summed E-state index contributed by atoms with van der Waals surface area (Å²) in [5.74, 6) is 0.782. The number of ether oxygens (including phenoxy) is 1. The first-order valence-corrected chi connectivity index (χ1v) is 6.59. The molecule has 1 aromatic rings. The van der Waals surface area contributed by atoms with Crippen molar-refractivity contribution in [3.05, 3.63) is 18.2 Å². The monoisotopic (exact) mass is 299 g/mol. The van der Waals surface area contributed by atoms with Crippen LogP contribution < -0.4 is 14.0 Å². The van der Waals surface area contributed by atoms with Crippen LogP contribution in [0.1, 0.15) is 6.92 Å². The fourth-order valence-corrected chi connectivity index (χ4v) is 2.04. The summed E-state index contributed by atoms with van der Waals surface area (Å²) in [7, 11) is 0. The second kappa shape index (κ2) is 7.59. The number of aliphatic hydroxyl groups excluding tert-OH is 2. The quantitative estimate of drug-likeness (QED) is 0.677. The van der Waals surface area contributed by atoms with Gasteiger partial charge in [-0.15, -0.1) is 0 Å². The van der Waals surface area contributed by atoms with Gasteiger partial charge in [0.25, 0.3) is 0 Å². The van der Waals surface area contributed by atoms with Gasteiger partial charge in [0.2, 0.25) is 0 Å². The van der Waals surface area contributed by atoms with E-state index in [1.165, 1.54) is 0 Å². The zero-order chi connectivity index (χ0) is 12.7. The molecule has 0 aliphatic heterocycles. The zero-order valence-electron chi connectivity index (χ0n) is 9.96. The summed E-state index contributed by atoms with van der Waals surface area (Å²) in [5.41, 5.74) is 0.910. The third kappa shape index (κ3) is 4.23. The van der Waals surface area contributed by atoms with Crippen LogP contribution in [0.15, 0.2) is 18.2 Å². The number of benzene rings is 1. The van der Waals surface area contributed by atoms with E-state index >= 15 is 0 Å². The van der Waals surface area contributed by atoms with Crippen molar-refractivity contribution >= 4 is 26.9 Å². The third-order valence-corrected chi connectivity index (χ3v) is 2.91. The van der Waals surface area contributed by atoms with E-state index in [1.807, 2.05) is 30.0 Å². The van der Waals surface area contributed by atoms with E-state index in [1.54, 1.807) is 0 Å². The standard InChI is InChI=1S/C12H18AsNO3/c1-2-17-12-4-3-10(13)9-11(12)14(5-7-15)6-8-16/h3-4,9,15-16H,2,5-8H2,1H3. The molecule has 4 nitrogen and oxygen atoms in total. The molecule has 5 heteroatoms. The van der Waals surface area contributed by atoms with Crippen molar-refractivity contribution in [3.8, 4) is 5.75 Å². The van der Waals surface area contributed by atoms with E-state index < -0.39 is 0 Å². The Balaban J connectivity index is 3.00. The molecule has 0 fully saturated rings. The molecule has 0 unspecified atom stereocenters. The molecule has 0 amide bonds. The van der Waals surface area contributed by atoms with Crippen molar-refractivity contribution in [3.63, 3.8) is 0 Å². The molecular formula is C12H18AsNO3. The molecule has 0 aromatic heterocycles. The molecule has 0 saturated carbocycles. The molecule has 0 atom stereocenters. The first-order chi connectivity index (χ1) is 8.22. The maximum absolute atomic E-state index is 9.05. The molecule has 0 aliphatic carbocycles. The predicted molar refractivity (Wildman–Crippen MR) is 69.4 cm³/mol. The molecule has 94 valence electrons. The Morgan fingerprint density at radius 3 is 2.41 bits per heavy atom. The summed E-state index contributed by atoms with van der Waals surface area (Å²) in [6, 6.07) is 5.86. The van der Waals surface area contributed by atoms with E-state index in [0.29, 0.717) is 19.7 Å². The Morgan fingerprint density at radius 2 is 1.88 bits per heavy atom. The van der Waals surface area contributed by atoms with Crippen LogP contribution >= 0.6 is 0 Å². The molecule has 2 radical (unpaired) electrons. The van der Waals surface area contributed by atoms with E-state index in [-0.39, 0.29) is 13.2 Å². The van der Waals surface area contributed by atoms with Crippen LogP contribution in [0.2, 0.25) is 0 Å². The molecular weight excluding hydrogens is 281 g/mol. The van der Waals surface area contributed by atoms with Gasteiger partial charge in [-0.25, -0.2) is 0 Å². The van der Waals surface area contributed by atoms with Gasteiger partial charge in [-0.1, -0.05) is 0 Å². The summed E-state index contributed by atoms with van der Waals surface area (Å²) in [6.07, 6.45) is 0. The minimum atomic E-state index is 0.0500. The van der Waals surface area contributed by atoms with Crippen molar-refractivity contribution in [2.45, 2.75) is 6.92 Å². The topological polar surface area (TPSA) is 52.9 Å². The van der Waals surface area contributed by atoms with Gasteiger partial charge in [-0.05, 0) is 0 Å². The van der Waals surface area contributed by atoms with Gasteiger partial charge in [0.05, 0.1) is 0 Å². The second-order valence-electron chi connectivity index (χ2n) is 3.52. The molecule has 1 rings (SSSR count). The number of hydrogen-bond donors (Lipinski definition) is 2. The van der Waals surface area contributed by atoms with Gasteiger partial charge in [-0.2, -0.15) is 0 Å². The Morgan fingerprint density at radius 1 is 1.24 bits per heavy atom. The zero-order valence-corrected chi connectivity index (χ0v) is 11.8. The van der Waals surface area contributed by atoms with Crippen LogP contribution in [0.25, 0.3) is 0 Å². The number of rotatable bonds is 7. The average molecular weight is 299 g/mol. The second-order valence-corrected chi connectivity index (χ2v) is 4.60. The summed E-state index contributed by atoms with van der Waals surface area (Å²) in [6.45, 7) is 3.59. The van der Waals surface area contributed by atoms with Gasteiger partial charge in [0.15, 0.2) is 0 Å². The molecule has 1 aromatic carbocycles. The van der Waals surface area contributed by atoms with E-state index in [4.69, 9.17) is 14.9 Å². The van der Waals surface area contributed by atoms with Gasteiger partial charge >= 0.3 is 111 Å². The van der Waals surface area contributed by atoms with Crippen molar-refractivity contribution in [2.24, 2.45) is 0 Å². The van der Waals surface area contributed by atoms with Gasteiger partial charge < -0.3 is 0 Å². The van der Waals surface area contributed by atoms with E-state index in [9.17, 15) is 0 Å². The van der Waals surface area contributed by atoms with Gasteiger partial charge in [0.1, 0.15) is 0 Å². The normalized spacial score (nSPS) is 10.4.